The Labute approximate surface area is 83.3 Å². The van der Waals surface area contributed by atoms with Crippen LogP contribution in [0.25, 0.3) is 0 Å². The molecule has 0 aliphatic rings. The first kappa shape index (κ1) is 10.4. The molecule has 0 aromatic heterocycles. The standard InChI is InChI=1S/C10H14ClNO/c1-7(12)2-3-8-4-5-9(11)6-10(8)13/h4-7,13H,2-3,12H2,1H3/t7-/m0/s1. The van der Waals surface area contributed by atoms with Crippen LogP contribution in [0.3, 0.4) is 0 Å². The molecule has 0 saturated carbocycles. The van der Waals surface area contributed by atoms with Gasteiger partial charge in [-0.25, -0.2) is 0 Å². The van der Waals surface area contributed by atoms with Crippen LogP contribution in [0.2, 0.25) is 5.02 Å². The number of aryl methyl sites for hydroxylation is 1. The molecule has 0 amide bonds. The molecule has 2 nitrogen and oxygen atoms in total. The summed E-state index contributed by atoms with van der Waals surface area (Å²) in [6.07, 6.45) is 1.66. The Kier molecular flexibility index (Phi) is 3.58. The Bertz CT molecular complexity index is 286. The third-order valence-electron chi connectivity index (χ3n) is 1.92. The summed E-state index contributed by atoms with van der Waals surface area (Å²) in [6, 6.07) is 5.32. The first-order valence-electron chi connectivity index (χ1n) is 4.32. The highest BCUT2D eigenvalue weighted by Gasteiger charge is 2.02. The lowest BCUT2D eigenvalue weighted by Crippen LogP contribution is -2.15. The molecule has 0 bridgehead atoms. The second-order valence-corrected chi connectivity index (χ2v) is 3.73. The third kappa shape index (κ3) is 3.25. The largest absolute Gasteiger partial charge is 0.508 e. The van der Waals surface area contributed by atoms with Crippen molar-refractivity contribution in [3.05, 3.63) is 28.8 Å². The molecular weight excluding hydrogens is 186 g/mol. The van der Waals surface area contributed by atoms with E-state index in [-0.39, 0.29) is 11.8 Å². The van der Waals surface area contributed by atoms with Gasteiger partial charge in [0.2, 0.25) is 0 Å². The van der Waals surface area contributed by atoms with Crippen molar-refractivity contribution < 1.29 is 5.11 Å². The van der Waals surface area contributed by atoms with Crippen LogP contribution in [-0.4, -0.2) is 11.1 Å². The van der Waals surface area contributed by atoms with Crippen LogP contribution in [0.5, 0.6) is 5.75 Å². The van der Waals surface area contributed by atoms with Crippen molar-refractivity contribution in [1.82, 2.24) is 0 Å². The lowest BCUT2D eigenvalue weighted by atomic mass is 10.1. The maximum absolute atomic E-state index is 9.48. The zero-order chi connectivity index (χ0) is 9.84. The van der Waals surface area contributed by atoms with E-state index in [1.807, 2.05) is 13.0 Å². The van der Waals surface area contributed by atoms with Crippen molar-refractivity contribution in [2.24, 2.45) is 5.73 Å². The molecular formula is C10H14ClNO. The van der Waals surface area contributed by atoms with E-state index >= 15 is 0 Å². The van der Waals surface area contributed by atoms with Gasteiger partial charge in [-0.05, 0) is 37.5 Å². The molecule has 1 aromatic rings. The molecule has 0 unspecified atom stereocenters. The van der Waals surface area contributed by atoms with Gasteiger partial charge in [-0.1, -0.05) is 17.7 Å². The number of halogens is 1. The van der Waals surface area contributed by atoms with Crippen LogP contribution >= 0.6 is 11.6 Å². The van der Waals surface area contributed by atoms with E-state index in [1.54, 1.807) is 12.1 Å². The molecule has 0 aliphatic carbocycles. The predicted molar refractivity (Wildman–Crippen MR) is 55.1 cm³/mol. The highest BCUT2D eigenvalue weighted by atomic mass is 35.5. The SMILES string of the molecule is C[C@H](N)CCc1ccc(Cl)cc1O. The summed E-state index contributed by atoms with van der Waals surface area (Å²) in [7, 11) is 0. The number of phenols is 1. The van der Waals surface area contributed by atoms with Gasteiger partial charge in [-0.3, -0.25) is 0 Å². The van der Waals surface area contributed by atoms with Gasteiger partial charge in [0.05, 0.1) is 0 Å². The fourth-order valence-electron chi connectivity index (χ4n) is 1.13. The maximum atomic E-state index is 9.48. The highest BCUT2D eigenvalue weighted by molar-refractivity contribution is 6.30. The quantitative estimate of drug-likeness (QED) is 0.785. The van der Waals surface area contributed by atoms with E-state index in [0.717, 1.165) is 18.4 Å². The van der Waals surface area contributed by atoms with E-state index in [4.69, 9.17) is 17.3 Å². The normalized spacial score (nSPS) is 12.8. The Morgan fingerprint density at radius 3 is 2.77 bits per heavy atom. The Morgan fingerprint density at radius 1 is 1.54 bits per heavy atom. The van der Waals surface area contributed by atoms with E-state index in [1.165, 1.54) is 0 Å². The fourth-order valence-corrected chi connectivity index (χ4v) is 1.30. The van der Waals surface area contributed by atoms with E-state index < -0.39 is 0 Å². The number of hydrogen-bond acceptors (Lipinski definition) is 2. The Balaban J connectivity index is 2.67. The van der Waals surface area contributed by atoms with Crippen LogP contribution in [0.1, 0.15) is 18.9 Å². The van der Waals surface area contributed by atoms with Crippen molar-refractivity contribution in [3.63, 3.8) is 0 Å². The molecule has 1 rings (SSSR count). The Hall–Kier alpha value is -0.730. The molecule has 1 aromatic carbocycles. The number of phenolic OH excluding ortho intramolecular Hbond substituents is 1. The van der Waals surface area contributed by atoms with Gasteiger partial charge in [-0.2, -0.15) is 0 Å². The summed E-state index contributed by atoms with van der Waals surface area (Å²) in [5.41, 5.74) is 6.52. The fraction of sp³-hybridized carbons (Fsp3) is 0.400. The van der Waals surface area contributed by atoms with Crippen molar-refractivity contribution in [1.29, 1.82) is 0 Å². The molecule has 3 heteroatoms. The summed E-state index contributed by atoms with van der Waals surface area (Å²) in [6.45, 7) is 1.95. The second kappa shape index (κ2) is 4.49. The van der Waals surface area contributed by atoms with E-state index in [0.29, 0.717) is 5.02 Å². The van der Waals surface area contributed by atoms with Crippen LogP contribution in [-0.2, 0) is 6.42 Å². The minimum atomic E-state index is 0.162. The zero-order valence-electron chi connectivity index (χ0n) is 7.63. The molecule has 3 N–H and O–H groups in total. The predicted octanol–water partition coefficient (Wildman–Crippen LogP) is 2.33. The summed E-state index contributed by atoms with van der Waals surface area (Å²) in [5, 5.41) is 10.0. The topological polar surface area (TPSA) is 46.2 Å². The summed E-state index contributed by atoms with van der Waals surface area (Å²) >= 11 is 5.69. The van der Waals surface area contributed by atoms with Crippen molar-refractivity contribution in [2.75, 3.05) is 0 Å². The van der Waals surface area contributed by atoms with Crippen molar-refractivity contribution in [3.8, 4) is 5.75 Å². The monoisotopic (exact) mass is 199 g/mol. The van der Waals surface area contributed by atoms with Gasteiger partial charge >= 0.3 is 0 Å². The first-order valence-corrected chi connectivity index (χ1v) is 4.70. The average Bonchev–Trinajstić information content (AvgIpc) is 2.02. The van der Waals surface area contributed by atoms with Crippen molar-refractivity contribution >= 4 is 11.6 Å². The smallest absolute Gasteiger partial charge is 0.120 e. The van der Waals surface area contributed by atoms with Gasteiger partial charge in [0.1, 0.15) is 5.75 Å². The molecule has 0 heterocycles. The number of benzene rings is 1. The van der Waals surface area contributed by atoms with E-state index in [9.17, 15) is 5.11 Å². The number of aromatic hydroxyl groups is 1. The molecule has 72 valence electrons. The van der Waals surface area contributed by atoms with Crippen LogP contribution < -0.4 is 5.73 Å². The van der Waals surface area contributed by atoms with Gasteiger partial charge in [0.15, 0.2) is 0 Å². The van der Waals surface area contributed by atoms with Crippen LogP contribution in [0.15, 0.2) is 18.2 Å². The summed E-state index contributed by atoms with van der Waals surface area (Å²) in [4.78, 5) is 0. The third-order valence-corrected chi connectivity index (χ3v) is 2.15. The number of hydrogen-bond donors (Lipinski definition) is 2. The summed E-state index contributed by atoms with van der Waals surface area (Å²) in [5.74, 6) is 0.258. The lowest BCUT2D eigenvalue weighted by molar-refractivity contribution is 0.466. The van der Waals surface area contributed by atoms with Crippen LogP contribution in [0.4, 0.5) is 0 Å². The summed E-state index contributed by atoms with van der Waals surface area (Å²) < 4.78 is 0. The maximum Gasteiger partial charge on any atom is 0.120 e. The molecule has 0 spiro atoms. The minimum Gasteiger partial charge on any atom is -0.508 e. The molecule has 0 radical (unpaired) electrons. The number of nitrogens with two attached hydrogens (primary N) is 1. The van der Waals surface area contributed by atoms with Gasteiger partial charge < -0.3 is 10.8 Å². The van der Waals surface area contributed by atoms with Gasteiger partial charge in [-0.15, -0.1) is 0 Å². The molecule has 0 fully saturated rings. The van der Waals surface area contributed by atoms with E-state index in [2.05, 4.69) is 0 Å². The molecule has 0 saturated heterocycles. The molecule has 1 atom stereocenters. The highest BCUT2D eigenvalue weighted by Crippen LogP contribution is 2.23. The molecule has 0 aliphatic heterocycles. The number of rotatable bonds is 3. The van der Waals surface area contributed by atoms with Gasteiger partial charge in [0.25, 0.3) is 0 Å². The molecule has 13 heavy (non-hydrogen) atoms. The van der Waals surface area contributed by atoms with Crippen molar-refractivity contribution in [2.45, 2.75) is 25.8 Å². The average molecular weight is 200 g/mol. The second-order valence-electron chi connectivity index (χ2n) is 3.29. The zero-order valence-corrected chi connectivity index (χ0v) is 8.38. The minimum absolute atomic E-state index is 0.162. The Morgan fingerprint density at radius 2 is 2.23 bits per heavy atom. The van der Waals surface area contributed by atoms with Crippen LogP contribution in [0, 0.1) is 0 Å². The first-order chi connectivity index (χ1) is 6.09. The lowest BCUT2D eigenvalue weighted by Gasteiger charge is -2.06. The van der Waals surface area contributed by atoms with Gasteiger partial charge in [0, 0.05) is 11.1 Å².